The lowest BCUT2D eigenvalue weighted by molar-refractivity contribution is 0.0977. The molecule has 1 heterocycles. The van der Waals surface area contributed by atoms with E-state index < -0.39 is 0 Å². The Morgan fingerprint density at radius 3 is 2.53 bits per heavy atom. The molecule has 1 aromatic heterocycles. The number of hydrogen-bond acceptors (Lipinski definition) is 5. The van der Waals surface area contributed by atoms with Crippen LogP contribution in [0.4, 0.5) is 5.69 Å². The summed E-state index contributed by atoms with van der Waals surface area (Å²) in [6.07, 6.45) is 1.04. The Balaban J connectivity index is 1.45. The maximum atomic E-state index is 12.6. The first kappa shape index (κ1) is 21.9. The van der Waals surface area contributed by atoms with Crippen molar-refractivity contribution in [2.45, 2.75) is 26.4 Å². The SMILES string of the molecule is CCC(C)Oc1ccc(C(=O)NC(=S)Nc2ccccc2-c2nc3ccccc3s2)cc1. The molecule has 0 aliphatic carbocycles. The third-order valence-corrected chi connectivity index (χ3v) is 6.23. The zero-order chi connectivity index (χ0) is 22.5. The molecule has 32 heavy (non-hydrogen) atoms. The number of aromatic nitrogens is 1. The summed E-state index contributed by atoms with van der Waals surface area (Å²) >= 11 is 7.02. The Kier molecular flexibility index (Phi) is 6.78. The van der Waals surface area contributed by atoms with Crippen molar-refractivity contribution < 1.29 is 9.53 Å². The van der Waals surface area contributed by atoms with E-state index in [4.69, 9.17) is 21.9 Å². The largest absolute Gasteiger partial charge is 0.491 e. The van der Waals surface area contributed by atoms with Crippen molar-refractivity contribution in [3.8, 4) is 16.3 Å². The highest BCUT2D eigenvalue weighted by atomic mass is 32.1. The molecule has 5 nitrogen and oxygen atoms in total. The number of carbonyl (C=O) groups excluding carboxylic acids is 1. The Morgan fingerprint density at radius 2 is 1.78 bits per heavy atom. The van der Waals surface area contributed by atoms with Gasteiger partial charge >= 0.3 is 0 Å². The van der Waals surface area contributed by atoms with Crippen LogP contribution in [0.5, 0.6) is 5.75 Å². The van der Waals surface area contributed by atoms with Crippen LogP contribution in [0.15, 0.2) is 72.8 Å². The number of thiocarbonyl (C=S) groups is 1. The van der Waals surface area contributed by atoms with Crippen LogP contribution in [-0.4, -0.2) is 22.1 Å². The number of anilines is 1. The van der Waals surface area contributed by atoms with E-state index in [0.29, 0.717) is 5.56 Å². The highest BCUT2D eigenvalue weighted by Crippen LogP contribution is 2.34. The molecule has 0 saturated carbocycles. The lowest BCUT2D eigenvalue weighted by Gasteiger charge is -2.14. The summed E-state index contributed by atoms with van der Waals surface area (Å²) in [5.41, 5.74) is 3.18. The molecule has 1 atom stereocenters. The molecule has 0 bridgehead atoms. The fourth-order valence-corrected chi connectivity index (χ4v) is 4.30. The van der Waals surface area contributed by atoms with E-state index in [-0.39, 0.29) is 17.1 Å². The summed E-state index contributed by atoms with van der Waals surface area (Å²) in [5, 5.41) is 7.00. The van der Waals surface area contributed by atoms with Crippen molar-refractivity contribution in [1.82, 2.24) is 10.3 Å². The van der Waals surface area contributed by atoms with E-state index in [1.54, 1.807) is 35.6 Å². The molecule has 0 aliphatic heterocycles. The number of ether oxygens (including phenoxy) is 1. The maximum absolute atomic E-state index is 12.6. The number of nitrogens with one attached hydrogen (secondary N) is 2. The van der Waals surface area contributed by atoms with Crippen molar-refractivity contribution in [2.24, 2.45) is 0 Å². The van der Waals surface area contributed by atoms with Crippen LogP contribution in [-0.2, 0) is 0 Å². The monoisotopic (exact) mass is 461 g/mol. The van der Waals surface area contributed by atoms with E-state index >= 15 is 0 Å². The van der Waals surface area contributed by atoms with E-state index in [1.165, 1.54) is 0 Å². The van der Waals surface area contributed by atoms with Gasteiger partial charge in [-0.05, 0) is 74.1 Å². The molecule has 4 aromatic rings. The molecule has 3 aromatic carbocycles. The molecular formula is C25H23N3O2S2. The predicted octanol–water partition coefficient (Wildman–Crippen LogP) is 6.27. The first-order chi connectivity index (χ1) is 15.5. The van der Waals surface area contributed by atoms with Gasteiger partial charge in [-0.1, -0.05) is 31.2 Å². The molecule has 0 spiro atoms. The lowest BCUT2D eigenvalue weighted by Crippen LogP contribution is -2.34. The van der Waals surface area contributed by atoms with E-state index in [1.807, 2.05) is 49.4 Å². The van der Waals surface area contributed by atoms with Gasteiger partial charge in [0.15, 0.2) is 5.11 Å². The van der Waals surface area contributed by atoms with E-state index in [2.05, 4.69) is 23.6 Å². The van der Waals surface area contributed by atoms with Crippen LogP contribution in [0.3, 0.4) is 0 Å². The van der Waals surface area contributed by atoms with Crippen LogP contribution in [0.2, 0.25) is 0 Å². The minimum absolute atomic E-state index is 0.127. The number of hydrogen-bond donors (Lipinski definition) is 2. The molecule has 162 valence electrons. The number of para-hydroxylation sites is 2. The minimum Gasteiger partial charge on any atom is -0.491 e. The highest BCUT2D eigenvalue weighted by molar-refractivity contribution is 7.80. The number of carbonyl (C=O) groups is 1. The molecule has 4 rings (SSSR count). The average Bonchev–Trinajstić information content (AvgIpc) is 3.24. The quantitative estimate of drug-likeness (QED) is 0.332. The Labute approximate surface area is 196 Å². The van der Waals surface area contributed by atoms with E-state index in [9.17, 15) is 4.79 Å². The number of thiazole rings is 1. The van der Waals surface area contributed by atoms with Gasteiger partial charge in [0.1, 0.15) is 10.8 Å². The van der Waals surface area contributed by atoms with Gasteiger partial charge in [0.2, 0.25) is 0 Å². The summed E-state index contributed by atoms with van der Waals surface area (Å²) < 4.78 is 6.88. The zero-order valence-corrected chi connectivity index (χ0v) is 19.4. The molecule has 0 radical (unpaired) electrons. The highest BCUT2D eigenvalue weighted by Gasteiger charge is 2.13. The third kappa shape index (κ3) is 5.12. The first-order valence-electron chi connectivity index (χ1n) is 10.4. The minimum atomic E-state index is -0.282. The maximum Gasteiger partial charge on any atom is 0.257 e. The number of amides is 1. The fraction of sp³-hybridized carbons (Fsp3) is 0.160. The van der Waals surface area contributed by atoms with Crippen molar-refractivity contribution in [3.63, 3.8) is 0 Å². The normalized spacial score (nSPS) is 11.7. The number of benzene rings is 3. The lowest BCUT2D eigenvalue weighted by atomic mass is 10.2. The van der Waals surface area contributed by atoms with Gasteiger partial charge in [0, 0.05) is 11.1 Å². The second-order valence-electron chi connectivity index (χ2n) is 7.30. The molecule has 0 saturated heterocycles. The zero-order valence-electron chi connectivity index (χ0n) is 17.8. The molecule has 2 N–H and O–H groups in total. The van der Waals surface area contributed by atoms with Crippen LogP contribution in [0, 0.1) is 0 Å². The summed E-state index contributed by atoms with van der Waals surface area (Å²) in [5.74, 6) is 0.455. The summed E-state index contributed by atoms with van der Waals surface area (Å²) in [7, 11) is 0. The summed E-state index contributed by atoms with van der Waals surface area (Å²) in [6, 6.07) is 22.8. The van der Waals surface area contributed by atoms with Crippen LogP contribution >= 0.6 is 23.6 Å². The van der Waals surface area contributed by atoms with Crippen LogP contribution in [0.1, 0.15) is 30.6 Å². The molecular weight excluding hydrogens is 438 g/mol. The molecule has 1 amide bonds. The number of fused-ring (bicyclic) bond motifs is 1. The van der Waals surface area contributed by atoms with Gasteiger partial charge in [-0.2, -0.15) is 0 Å². The van der Waals surface area contributed by atoms with Crippen molar-refractivity contribution in [1.29, 1.82) is 0 Å². The Bertz CT molecular complexity index is 1220. The van der Waals surface area contributed by atoms with Crippen LogP contribution in [0.25, 0.3) is 20.8 Å². The fourth-order valence-electron chi connectivity index (χ4n) is 3.10. The van der Waals surface area contributed by atoms with Crippen molar-refractivity contribution in [2.75, 3.05) is 5.32 Å². The number of rotatable bonds is 6. The second kappa shape index (κ2) is 9.89. The molecule has 0 fully saturated rings. The molecule has 0 aliphatic rings. The van der Waals surface area contributed by atoms with Crippen molar-refractivity contribution in [3.05, 3.63) is 78.4 Å². The second-order valence-corrected chi connectivity index (χ2v) is 8.74. The smallest absolute Gasteiger partial charge is 0.257 e. The average molecular weight is 462 g/mol. The number of nitrogens with zero attached hydrogens (tertiary/aromatic N) is 1. The standard InChI is InChI=1S/C25H23N3O2S2/c1-3-16(2)30-18-14-12-17(13-15-18)23(29)28-25(31)27-20-9-5-4-8-19(20)24-26-21-10-6-7-11-22(21)32-24/h4-16H,3H2,1-2H3,(H2,27,28,29,31). The predicted molar refractivity (Wildman–Crippen MR) is 136 cm³/mol. The van der Waals surface area contributed by atoms with E-state index in [0.717, 1.165) is 38.6 Å². The Morgan fingerprint density at radius 1 is 1.06 bits per heavy atom. The summed E-state index contributed by atoms with van der Waals surface area (Å²) in [4.78, 5) is 17.3. The topological polar surface area (TPSA) is 63.2 Å². The van der Waals surface area contributed by atoms with Gasteiger partial charge < -0.3 is 10.1 Å². The van der Waals surface area contributed by atoms with Crippen LogP contribution < -0.4 is 15.4 Å². The van der Waals surface area contributed by atoms with Gasteiger partial charge in [0.25, 0.3) is 5.91 Å². The van der Waals surface area contributed by atoms with Gasteiger partial charge in [0.05, 0.1) is 22.0 Å². The Hall–Kier alpha value is -3.29. The summed E-state index contributed by atoms with van der Waals surface area (Å²) in [6.45, 7) is 4.08. The third-order valence-electron chi connectivity index (χ3n) is 4.96. The molecule has 1 unspecified atom stereocenters. The van der Waals surface area contributed by atoms with Crippen molar-refractivity contribution >= 4 is 50.5 Å². The van der Waals surface area contributed by atoms with Gasteiger partial charge in [-0.25, -0.2) is 4.98 Å². The molecule has 7 heteroatoms. The first-order valence-corrected chi connectivity index (χ1v) is 11.6. The van der Waals surface area contributed by atoms with Gasteiger partial charge in [-0.3, -0.25) is 10.1 Å². The van der Waals surface area contributed by atoms with Gasteiger partial charge in [-0.15, -0.1) is 11.3 Å².